The molecule has 5 heteroatoms. The van der Waals surface area contributed by atoms with Crippen LogP contribution in [0, 0.1) is 5.82 Å². The smallest absolute Gasteiger partial charge is 0.131 e. The largest absolute Gasteiger partial charge is 0.507 e. The second kappa shape index (κ2) is 4.06. The third kappa shape index (κ3) is 2.07. The molecule has 1 aromatic rings. The number of phenols is 1. The summed E-state index contributed by atoms with van der Waals surface area (Å²) < 4.78 is 17.5. The van der Waals surface area contributed by atoms with E-state index in [1.165, 1.54) is 7.11 Å². The highest BCUT2D eigenvalue weighted by atomic mass is 19.1. The minimum atomic E-state index is -0.574. The van der Waals surface area contributed by atoms with E-state index in [1.54, 1.807) is 0 Å². The summed E-state index contributed by atoms with van der Waals surface area (Å²) in [6.45, 7) is -0.0325. The Morgan fingerprint density at radius 1 is 1.54 bits per heavy atom. The van der Waals surface area contributed by atoms with E-state index in [1.807, 2.05) is 0 Å². The van der Waals surface area contributed by atoms with Gasteiger partial charge in [0, 0.05) is 12.1 Å². The molecular formula is C8H10FNO3. The molecule has 0 aliphatic rings. The number of nitrogens with two attached hydrogens (primary N) is 1. The number of ether oxygens (including phenoxy) is 1. The van der Waals surface area contributed by atoms with Crippen LogP contribution >= 0.6 is 0 Å². The number of methoxy groups -OCH3 is 1. The molecule has 0 spiro atoms. The highest BCUT2D eigenvalue weighted by Crippen LogP contribution is 2.29. The molecule has 72 valence electrons. The Hall–Kier alpha value is -1.33. The van der Waals surface area contributed by atoms with Gasteiger partial charge in [0.1, 0.15) is 23.9 Å². The molecule has 3 N–H and O–H groups in total. The normalized spacial score (nSPS) is 10.1. The number of benzene rings is 1. The summed E-state index contributed by atoms with van der Waals surface area (Å²) in [6, 6.07) is 2.12. The highest BCUT2D eigenvalue weighted by molar-refractivity contribution is 5.43. The van der Waals surface area contributed by atoms with Gasteiger partial charge in [-0.05, 0) is 0 Å². The van der Waals surface area contributed by atoms with E-state index in [4.69, 9.17) is 10.6 Å². The molecule has 0 aromatic heterocycles. The van der Waals surface area contributed by atoms with Crippen LogP contribution in [0.5, 0.6) is 11.5 Å². The maximum atomic E-state index is 12.7. The van der Waals surface area contributed by atoms with Crippen molar-refractivity contribution in [3.05, 3.63) is 23.5 Å². The van der Waals surface area contributed by atoms with Crippen LogP contribution < -0.4 is 10.6 Å². The third-order valence-electron chi connectivity index (χ3n) is 1.60. The van der Waals surface area contributed by atoms with Gasteiger partial charge in [0.2, 0.25) is 0 Å². The topological polar surface area (TPSA) is 64.7 Å². The van der Waals surface area contributed by atoms with Gasteiger partial charge in [0.05, 0.1) is 12.7 Å². The quantitative estimate of drug-likeness (QED) is 0.691. The molecule has 0 saturated heterocycles. The molecule has 0 fully saturated rings. The zero-order valence-corrected chi connectivity index (χ0v) is 7.08. The maximum absolute atomic E-state index is 12.7. The van der Waals surface area contributed by atoms with E-state index in [0.29, 0.717) is 5.56 Å². The van der Waals surface area contributed by atoms with E-state index in [9.17, 15) is 9.50 Å². The second-order valence-electron chi connectivity index (χ2n) is 2.42. The molecule has 0 aliphatic heterocycles. The minimum Gasteiger partial charge on any atom is -0.507 e. The summed E-state index contributed by atoms with van der Waals surface area (Å²) in [6.07, 6.45) is 0. The first-order valence-corrected chi connectivity index (χ1v) is 3.56. The van der Waals surface area contributed by atoms with Crippen molar-refractivity contribution in [3.63, 3.8) is 0 Å². The summed E-state index contributed by atoms with van der Waals surface area (Å²) in [5, 5.41) is 9.28. The molecule has 4 nitrogen and oxygen atoms in total. The van der Waals surface area contributed by atoms with Gasteiger partial charge in [0.15, 0.2) is 0 Å². The number of phenolic OH excluding ortho intramolecular Hbond substituents is 1. The summed E-state index contributed by atoms with van der Waals surface area (Å²) in [5.74, 6) is 4.23. The molecular weight excluding hydrogens is 177 g/mol. The number of hydrogen-bond acceptors (Lipinski definition) is 4. The summed E-state index contributed by atoms with van der Waals surface area (Å²) >= 11 is 0. The number of hydrogen-bond donors (Lipinski definition) is 2. The van der Waals surface area contributed by atoms with Crippen LogP contribution in [0.2, 0.25) is 0 Å². The fraction of sp³-hybridized carbons (Fsp3) is 0.250. The van der Waals surface area contributed by atoms with Crippen LogP contribution in [-0.4, -0.2) is 12.2 Å². The Morgan fingerprint density at radius 2 is 2.23 bits per heavy atom. The lowest BCUT2D eigenvalue weighted by Crippen LogP contribution is -2.02. The lowest BCUT2D eigenvalue weighted by molar-refractivity contribution is 0.120. The zero-order valence-electron chi connectivity index (χ0n) is 7.08. The fourth-order valence-corrected chi connectivity index (χ4v) is 1.01. The molecule has 0 heterocycles. The number of rotatable bonds is 3. The predicted molar refractivity (Wildman–Crippen MR) is 43.6 cm³/mol. The second-order valence-corrected chi connectivity index (χ2v) is 2.42. The Balaban J connectivity index is 3.13. The van der Waals surface area contributed by atoms with Gasteiger partial charge in [0.25, 0.3) is 0 Å². The van der Waals surface area contributed by atoms with Crippen molar-refractivity contribution in [2.45, 2.75) is 6.61 Å². The molecule has 1 rings (SSSR count). The first kappa shape index (κ1) is 9.76. The Kier molecular flexibility index (Phi) is 3.05. The Bertz CT molecular complexity index is 304. The van der Waals surface area contributed by atoms with Crippen LogP contribution in [0.4, 0.5) is 4.39 Å². The molecule has 0 radical (unpaired) electrons. The zero-order chi connectivity index (χ0) is 9.84. The summed E-state index contributed by atoms with van der Waals surface area (Å²) in [7, 11) is 1.37. The lowest BCUT2D eigenvalue weighted by Gasteiger charge is -2.08. The van der Waals surface area contributed by atoms with E-state index >= 15 is 0 Å². The molecule has 1 aromatic carbocycles. The number of aromatic hydroxyl groups is 1. The molecule has 0 saturated carbocycles. The lowest BCUT2D eigenvalue weighted by atomic mass is 10.2. The maximum Gasteiger partial charge on any atom is 0.131 e. The van der Waals surface area contributed by atoms with Crippen LogP contribution in [-0.2, 0) is 11.4 Å². The number of halogens is 1. The third-order valence-corrected chi connectivity index (χ3v) is 1.60. The van der Waals surface area contributed by atoms with Gasteiger partial charge in [-0.1, -0.05) is 0 Å². The monoisotopic (exact) mass is 187 g/mol. The van der Waals surface area contributed by atoms with E-state index in [0.717, 1.165) is 12.1 Å². The summed E-state index contributed by atoms with van der Waals surface area (Å²) in [4.78, 5) is 4.33. The van der Waals surface area contributed by atoms with Crippen molar-refractivity contribution in [2.24, 2.45) is 5.90 Å². The Morgan fingerprint density at radius 3 is 2.77 bits per heavy atom. The van der Waals surface area contributed by atoms with Crippen molar-refractivity contribution in [1.82, 2.24) is 0 Å². The van der Waals surface area contributed by atoms with Gasteiger partial charge < -0.3 is 9.84 Å². The van der Waals surface area contributed by atoms with Gasteiger partial charge in [-0.25, -0.2) is 10.3 Å². The van der Waals surface area contributed by atoms with E-state index < -0.39 is 5.82 Å². The van der Waals surface area contributed by atoms with E-state index in [-0.39, 0.29) is 18.1 Å². The van der Waals surface area contributed by atoms with Gasteiger partial charge in [-0.3, -0.25) is 4.84 Å². The average molecular weight is 187 g/mol. The first-order valence-electron chi connectivity index (χ1n) is 3.56. The molecule has 0 unspecified atom stereocenters. The van der Waals surface area contributed by atoms with Gasteiger partial charge in [-0.15, -0.1) is 0 Å². The van der Waals surface area contributed by atoms with E-state index in [2.05, 4.69) is 4.84 Å². The van der Waals surface area contributed by atoms with Crippen LogP contribution in [0.3, 0.4) is 0 Å². The minimum absolute atomic E-state index is 0.0325. The molecule has 0 bridgehead atoms. The van der Waals surface area contributed by atoms with Crippen molar-refractivity contribution in [2.75, 3.05) is 7.11 Å². The first-order chi connectivity index (χ1) is 6.19. The highest BCUT2D eigenvalue weighted by Gasteiger charge is 2.10. The van der Waals surface area contributed by atoms with Crippen molar-refractivity contribution < 1.29 is 19.1 Å². The molecule has 0 aliphatic carbocycles. The van der Waals surface area contributed by atoms with Crippen molar-refractivity contribution >= 4 is 0 Å². The van der Waals surface area contributed by atoms with Crippen LogP contribution in [0.1, 0.15) is 5.56 Å². The fourth-order valence-electron chi connectivity index (χ4n) is 1.01. The summed E-state index contributed by atoms with van der Waals surface area (Å²) in [5.41, 5.74) is 0.325. The van der Waals surface area contributed by atoms with Crippen LogP contribution in [0.25, 0.3) is 0 Å². The molecule has 0 amide bonds. The molecule has 13 heavy (non-hydrogen) atoms. The van der Waals surface area contributed by atoms with Gasteiger partial charge in [-0.2, -0.15) is 0 Å². The average Bonchev–Trinajstić information content (AvgIpc) is 2.09. The molecule has 0 atom stereocenters. The Labute approximate surface area is 74.6 Å². The standard InChI is InChI=1S/C8H10FNO3/c1-12-8-3-5(9)2-7(11)6(8)4-13-10/h2-3,11H,4,10H2,1H3. The van der Waals surface area contributed by atoms with Crippen LogP contribution in [0.15, 0.2) is 12.1 Å². The van der Waals surface area contributed by atoms with Crippen molar-refractivity contribution in [1.29, 1.82) is 0 Å². The SMILES string of the molecule is COc1cc(F)cc(O)c1CON. The van der Waals surface area contributed by atoms with Gasteiger partial charge >= 0.3 is 0 Å². The predicted octanol–water partition coefficient (Wildman–Crippen LogP) is 0.930. The van der Waals surface area contributed by atoms with Crippen molar-refractivity contribution in [3.8, 4) is 11.5 Å².